The summed E-state index contributed by atoms with van der Waals surface area (Å²) in [7, 11) is 1.37. The molecule has 1 aromatic rings. The minimum absolute atomic E-state index is 0.127. The number of alkyl halides is 3. The Morgan fingerprint density at radius 3 is 2.67 bits per heavy atom. The van der Waals surface area contributed by atoms with Gasteiger partial charge in [0.05, 0.1) is 7.11 Å². The van der Waals surface area contributed by atoms with Gasteiger partial charge in [-0.2, -0.15) is 13.2 Å². The first-order valence-corrected chi connectivity index (χ1v) is 7.37. The zero-order chi connectivity index (χ0) is 17.9. The molecular weight excluding hydrogens is 327 g/mol. The van der Waals surface area contributed by atoms with Crippen molar-refractivity contribution in [1.29, 1.82) is 0 Å². The molecule has 132 valence electrons. The third-order valence-corrected chi connectivity index (χ3v) is 3.91. The number of pyridine rings is 1. The van der Waals surface area contributed by atoms with E-state index in [1.807, 2.05) is 0 Å². The zero-order valence-corrected chi connectivity index (χ0v) is 13.3. The summed E-state index contributed by atoms with van der Waals surface area (Å²) in [5, 5.41) is 2.65. The Balaban J connectivity index is 2.09. The molecule has 2 atom stereocenters. The van der Waals surface area contributed by atoms with Crippen molar-refractivity contribution in [3.63, 3.8) is 0 Å². The third-order valence-electron chi connectivity index (χ3n) is 3.91. The molecule has 1 aromatic heterocycles. The Hall–Kier alpha value is -2.32. The Morgan fingerprint density at radius 1 is 1.38 bits per heavy atom. The average molecular weight is 345 g/mol. The molecule has 2 heterocycles. The van der Waals surface area contributed by atoms with Gasteiger partial charge in [0.1, 0.15) is 11.6 Å². The smallest absolute Gasteiger partial charge is 0.408 e. The first kappa shape index (κ1) is 18.0. The molecule has 2 unspecified atom stereocenters. The second-order valence-electron chi connectivity index (χ2n) is 5.54. The Labute approximate surface area is 137 Å². The number of nitrogens with zero attached hydrogens (tertiary/aromatic N) is 2. The van der Waals surface area contributed by atoms with E-state index < -0.39 is 30.1 Å². The van der Waals surface area contributed by atoms with Crippen molar-refractivity contribution in [3.8, 4) is 5.88 Å². The van der Waals surface area contributed by atoms with E-state index >= 15 is 0 Å². The number of methoxy groups -OCH3 is 1. The standard InChI is InChI=1S/C15H18F3N3O3/c1-9(22)21-8-10(5-6-12(21)15(16,17)18)20-13(23)11-4-3-7-19-14(11)24-2/h3-4,7,10,12H,5-6,8H2,1-2H3,(H,20,23). The average Bonchev–Trinajstić information content (AvgIpc) is 2.53. The van der Waals surface area contributed by atoms with Crippen molar-refractivity contribution >= 4 is 11.8 Å². The molecule has 1 aliphatic heterocycles. The molecule has 9 heteroatoms. The van der Waals surface area contributed by atoms with Gasteiger partial charge in [-0.05, 0) is 25.0 Å². The number of carbonyl (C=O) groups is 2. The number of ether oxygens (including phenoxy) is 1. The maximum atomic E-state index is 13.0. The van der Waals surface area contributed by atoms with Crippen molar-refractivity contribution in [3.05, 3.63) is 23.9 Å². The zero-order valence-electron chi connectivity index (χ0n) is 13.3. The molecule has 6 nitrogen and oxygen atoms in total. The van der Waals surface area contributed by atoms with Crippen LogP contribution in [0.25, 0.3) is 0 Å². The van der Waals surface area contributed by atoms with Crippen LogP contribution in [0.4, 0.5) is 13.2 Å². The Bertz CT molecular complexity index is 621. The molecule has 1 N–H and O–H groups in total. The highest BCUT2D eigenvalue weighted by Crippen LogP contribution is 2.32. The van der Waals surface area contributed by atoms with Crippen LogP contribution in [-0.4, -0.2) is 53.6 Å². The van der Waals surface area contributed by atoms with Crippen molar-refractivity contribution in [1.82, 2.24) is 15.2 Å². The quantitative estimate of drug-likeness (QED) is 0.906. The van der Waals surface area contributed by atoms with Crippen LogP contribution in [0.5, 0.6) is 5.88 Å². The fourth-order valence-corrected chi connectivity index (χ4v) is 2.77. The number of hydrogen-bond donors (Lipinski definition) is 1. The summed E-state index contributed by atoms with van der Waals surface area (Å²) >= 11 is 0. The molecular formula is C15H18F3N3O3. The highest BCUT2D eigenvalue weighted by Gasteiger charge is 2.47. The molecule has 0 aromatic carbocycles. The van der Waals surface area contributed by atoms with Gasteiger partial charge in [-0.1, -0.05) is 0 Å². The lowest BCUT2D eigenvalue weighted by Crippen LogP contribution is -2.57. The maximum absolute atomic E-state index is 13.0. The number of likely N-dealkylation sites (tertiary alicyclic amines) is 1. The van der Waals surface area contributed by atoms with Gasteiger partial charge in [0.15, 0.2) is 0 Å². The van der Waals surface area contributed by atoms with Crippen LogP contribution in [0, 0.1) is 0 Å². The number of amides is 2. The van der Waals surface area contributed by atoms with E-state index in [1.165, 1.54) is 19.4 Å². The second-order valence-corrected chi connectivity index (χ2v) is 5.54. The number of piperidine rings is 1. The van der Waals surface area contributed by atoms with Crippen LogP contribution in [0.15, 0.2) is 18.3 Å². The van der Waals surface area contributed by atoms with Crippen LogP contribution in [0.2, 0.25) is 0 Å². The van der Waals surface area contributed by atoms with Gasteiger partial charge in [0.25, 0.3) is 5.91 Å². The lowest BCUT2D eigenvalue weighted by Gasteiger charge is -2.40. The maximum Gasteiger partial charge on any atom is 0.408 e. The van der Waals surface area contributed by atoms with E-state index in [0.717, 1.165) is 11.8 Å². The van der Waals surface area contributed by atoms with Gasteiger partial charge in [-0.15, -0.1) is 0 Å². The largest absolute Gasteiger partial charge is 0.480 e. The van der Waals surface area contributed by atoms with Crippen molar-refractivity contribution in [2.24, 2.45) is 0 Å². The molecule has 0 aliphatic carbocycles. The van der Waals surface area contributed by atoms with E-state index in [9.17, 15) is 22.8 Å². The molecule has 0 radical (unpaired) electrons. The van der Waals surface area contributed by atoms with Crippen LogP contribution in [-0.2, 0) is 4.79 Å². The lowest BCUT2D eigenvalue weighted by molar-refractivity contribution is -0.196. The second kappa shape index (κ2) is 7.06. The Morgan fingerprint density at radius 2 is 2.08 bits per heavy atom. The minimum atomic E-state index is -4.48. The van der Waals surface area contributed by atoms with E-state index in [-0.39, 0.29) is 30.8 Å². The number of rotatable bonds is 3. The topological polar surface area (TPSA) is 71.5 Å². The number of carbonyl (C=O) groups excluding carboxylic acids is 2. The molecule has 0 spiro atoms. The third kappa shape index (κ3) is 3.95. The van der Waals surface area contributed by atoms with Crippen LogP contribution >= 0.6 is 0 Å². The molecule has 0 bridgehead atoms. The van der Waals surface area contributed by atoms with E-state index in [4.69, 9.17) is 4.74 Å². The summed E-state index contributed by atoms with van der Waals surface area (Å²) < 4.78 is 44.0. The van der Waals surface area contributed by atoms with Crippen LogP contribution in [0.3, 0.4) is 0 Å². The normalized spacial score (nSPS) is 21.3. The van der Waals surface area contributed by atoms with E-state index in [1.54, 1.807) is 6.07 Å². The highest BCUT2D eigenvalue weighted by atomic mass is 19.4. The predicted octanol–water partition coefficient (Wildman–Crippen LogP) is 1.76. The predicted molar refractivity (Wildman–Crippen MR) is 78.5 cm³/mol. The van der Waals surface area contributed by atoms with Crippen molar-refractivity contribution in [2.75, 3.05) is 13.7 Å². The number of nitrogens with one attached hydrogen (secondary N) is 1. The van der Waals surface area contributed by atoms with Crippen LogP contribution in [0.1, 0.15) is 30.1 Å². The summed E-state index contributed by atoms with van der Waals surface area (Å²) in [6.07, 6.45) is -3.14. The molecule has 1 aliphatic rings. The SMILES string of the molecule is COc1ncccc1C(=O)NC1CCC(C(F)(F)F)N(C(C)=O)C1. The van der Waals surface area contributed by atoms with E-state index in [2.05, 4.69) is 10.3 Å². The minimum Gasteiger partial charge on any atom is -0.480 e. The van der Waals surface area contributed by atoms with E-state index in [0.29, 0.717) is 0 Å². The first-order valence-electron chi connectivity index (χ1n) is 7.37. The molecule has 0 saturated carbocycles. The van der Waals surface area contributed by atoms with Crippen molar-refractivity contribution < 1.29 is 27.5 Å². The number of halogens is 3. The summed E-state index contributed by atoms with van der Waals surface area (Å²) in [6, 6.07) is 0.687. The Kier molecular flexibility index (Phi) is 5.30. The van der Waals surface area contributed by atoms with Gasteiger partial charge in [0, 0.05) is 25.7 Å². The highest BCUT2D eigenvalue weighted by molar-refractivity contribution is 5.96. The molecule has 2 amide bonds. The fourth-order valence-electron chi connectivity index (χ4n) is 2.77. The first-order chi connectivity index (χ1) is 11.2. The summed E-state index contributed by atoms with van der Waals surface area (Å²) in [6.45, 7) is 0.904. The van der Waals surface area contributed by atoms with Gasteiger partial charge in [0.2, 0.25) is 11.8 Å². The molecule has 24 heavy (non-hydrogen) atoms. The van der Waals surface area contributed by atoms with Gasteiger partial charge in [-0.3, -0.25) is 9.59 Å². The van der Waals surface area contributed by atoms with Crippen molar-refractivity contribution in [2.45, 2.75) is 38.0 Å². The summed E-state index contributed by atoms with van der Waals surface area (Å²) in [5.41, 5.74) is 0.187. The molecule has 2 rings (SSSR count). The van der Waals surface area contributed by atoms with Gasteiger partial charge in [-0.25, -0.2) is 4.98 Å². The fraction of sp³-hybridized carbons (Fsp3) is 0.533. The lowest BCUT2D eigenvalue weighted by atomic mass is 9.97. The molecule has 1 saturated heterocycles. The van der Waals surface area contributed by atoms with Gasteiger partial charge >= 0.3 is 6.18 Å². The number of aromatic nitrogens is 1. The monoisotopic (exact) mass is 345 g/mol. The van der Waals surface area contributed by atoms with Gasteiger partial charge < -0.3 is 15.0 Å². The number of hydrogen-bond acceptors (Lipinski definition) is 4. The van der Waals surface area contributed by atoms with Crippen LogP contribution < -0.4 is 10.1 Å². The molecule has 1 fully saturated rings. The summed E-state index contributed by atoms with van der Waals surface area (Å²) in [5.74, 6) is -1.04. The summed E-state index contributed by atoms with van der Waals surface area (Å²) in [4.78, 5) is 28.5.